The molecule has 3 nitrogen and oxygen atoms in total. The van der Waals surface area contributed by atoms with Crippen LogP contribution in [0.5, 0.6) is 11.6 Å². The van der Waals surface area contributed by atoms with Crippen LogP contribution in [0.25, 0.3) is 0 Å². The Labute approximate surface area is 118 Å². The summed E-state index contributed by atoms with van der Waals surface area (Å²) in [6.07, 6.45) is 1.58. The second-order valence-electron chi connectivity index (χ2n) is 5.52. The Kier molecular flexibility index (Phi) is 3.76. The van der Waals surface area contributed by atoms with Crippen molar-refractivity contribution in [3.8, 4) is 11.6 Å². The molecule has 19 heavy (non-hydrogen) atoms. The van der Waals surface area contributed by atoms with E-state index < -0.39 is 0 Å². The Balaban J connectivity index is 2.41. The number of hydrogen-bond acceptors (Lipinski definition) is 3. The van der Waals surface area contributed by atoms with Gasteiger partial charge in [0.25, 0.3) is 0 Å². The molecule has 0 aliphatic heterocycles. The molecule has 2 rings (SSSR count). The topological polar surface area (TPSA) is 35.0 Å². The van der Waals surface area contributed by atoms with Gasteiger partial charge in [-0.2, -0.15) is 4.98 Å². The number of rotatable bonds is 2. The highest BCUT2D eigenvalue weighted by Crippen LogP contribution is 2.34. The van der Waals surface area contributed by atoms with Gasteiger partial charge >= 0.3 is 0 Å². The number of aromatic nitrogens is 2. The van der Waals surface area contributed by atoms with E-state index in [1.54, 1.807) is 12.3 Å². The molecule has 1 aromatic heterocycles. The third kappa shape index (κ3) is 3.44. The maximum atomic E-state index is 5.86. The summed E-state index contributed by atoms with van der Waals surface area (Å²) in [4.78, 5) is 7.90. The first-order valence-electron chi connectivity index (χ1n) is 6.14. The second-order valence-corrected chi connectivity index (χ2v) is 5.85. The van der Waals surface area contributed by atoms with Gasteiger partial charge in [0.15, 0.2) is 0 Å². The first-order valence-corrected chi connectivity index (χ1v) is 6.51. The standard InChI is InChI=1S/C15H17ClN2O/c1-10-5-6-11(15(2,3)4)12(9-10)19-13-7-8-17-14(16)18-13/h5-9H,1-4H3. The first-order chi connectivity index (χ1) is 8.86. The van der Waals surface area contributed by atoms with E-state index in [2.05, 4.69) is 42.9 Å². The molecule has 0 bridgehead atoms. The zero-order chi connectivity index (χ0) is 14.0. The molecule has 0 spiro atoms. The van der Waals surface area contributed by atoms with E-state index in [0.717, 1.165) is 16.9 Å². The SMILES string of the molecule is Cc1ccc(C(C)(C)C)c(Oc2ccnc(Cl)n2)c1. The van der Waals surface area contributed by atoms with Gasteiger partial charge in [-0.05, 0) is 35.6 Å². The molecule has 0 aliphatic carbocycles. The van der Waals surface area contributed by atoms with E-state index >= 15 is 0 Å². The van der Waals surface area contributed by atoms with Crippen LogP contribution < -0.4 is 4.74 Å². The molecule has 0 radical (unpaired) electrons. The minimum Gasteiger partial charge on any atom is -0.439 e. The molecule has 1 heterocycles. The van der Waals surface area contributed by atoms with E-state index in [9.17, 15) is 0 Å². The molecule has 0 amide bonds. The molecule has 0 aliphatic rings. The molecule has 0 saturated carbocycles. The van der Waals surface area contributed by atoms with Crippen LogP contribution in [-0.2, 0) is 5.41 Å². The van der Waals surface area contributed by atoms with Crippen LogP contribution >= 0.6 is 11.6 Å². The lowest BCUT2D eigenvalue weighted by Crippen LogP contribution is -2.12. The average molecular weight is 277 g/mol. The predicted octanol–water partition coefficient (Wildman–Crippen LogP) is 4.53. The van der Waals surface area contributed by atoms with Crippen molar-refractivity contribution in [3.63, 3.8) is 0 Å². The van der Waals surface area contributed by atoms with E-state index in [4.69, 9.17) is 16.3 Å². The maximum Gasteiger partial charge on any atom is 0.225 e. The van der Waals surface area contributed by atoms with Crippen LogP contribution in [0.1, 0.15) is 31.9 Å². The normalized spacial score (nSPS) is 11.4. The molecule has 0 saturated heterocycles. The fourth-order valence-corrected chi connectivity index (χ4v) is 1.96. The van der Waals surface area contributed by atoms with Gasteiger partial charge < -0.3 is 4.74 Å². The monoisotopic (exact) mass is 276 g/mol. The van der Waals surface area contributed by atoms with Gasteiger partial charge in [-0.3, -0.25) is 0 Å². The van der Waals surface area contributed by atoms with Gasteiger partial charge in [0.1, 0.15) is 5.75 Å². The largest absolute Gasteiger partial charge is 0.439 e. The summed E-state index contributed by atoms with van der Waals surface area (Å²) in [5.41, 5.74) is 2.27. The van der Waals surface area contributed by atoms with Gasteiger partial charge in [-0.15, -0.1) is 0 Å². The van der Waals surface area contributed by atoms with Gasteiger partial charge in [-0.1, -0.05) is 32.9 Å². The number of benzene rings is 1. The summed E-state index contributed by atoms with van der Waals surface area (Å²) < 4.78 is 5.86. The third-order valence-electron chi connectivity index (χ3n) is 2.76. The Bertz CT molecular complexity index is 591. The van der Waals surface area contributed by atoms with E-state index in [1.807, 2.05) is 13.0 Å². The van der Waals surface area contributed by atoms with Crippen molar-refractivity contribution in [2.75, 3.05) is 0 Å². The van der Waals surface area contributed by atoms with Crippen LogP contribution in [0.4, 0.5) is 0 Å². The number of hydrogen-bond donors (Lipinski definition) is 0. The molecule has 0 atom stereocenters. The van der Waals surface area contributed by atoms with Crippen LogP contribution in [0.2, 0.25) is 5.28 Å². The number of ether oxygens (including phenoxy) is 1. The summed E-state index contributed by atoms with van der Waals surface area (Å²) in [7, 11) is 0. The smallest absolute Gasteiger partial charge is 0.225 e. The number of halogens is 1. The highest BCUT2D eigenvalue weighted by molar-refractivity contribution is 6.28. The van der Waals surface area contributed by atoms with Gasteiger partial charge in [0, 0.05) is 17.8 Å². The van der Waals surface area contributed by atoms with Gasteiger partial charge in [0.2, 0.25) is 11.2 Å². The minimum atomic E-state index is -0.000141. The molecule has 1 aromatic carbocycles. The molecule has 4 heteroatoms. The maximum absolute atomic E-state index is 5.86. The van der Waals surface area contributed by atoms with Crippen LogP contribution in [0.15, 0.2) is 30.5 Å². The fraction of sp³-hybridized carbons (Fsp3) is 0.333. The molecule has 0 fully saturated rings. The molecule has 0 N–H and O–H groups in total. The molecule has 100 valence electrons. The summed E-state index contributed by atoms with van der Waals surface area (Å²) in [5, 5.41) is 0.183. The third-order valence-corrected chi connectivity index (χ3v) is 2.94. The van der Waals surface area contributed by atoms with Crippen molar-refractivity contribution in [1.82, 2.24) is 9.97 Å². The van der Waals surface area contributed by atoms with Crippen molar-refractivity contribution in [2.24, 2.45) is 0 Å². The second kappa shape index (κ2) is 5.17. The van der Waals surface area contributed by atoms with Crippen molar-refractivity contribution >= 4 is 11.6 Å². The first kappa shape index (κ1) is 13.8. The minimum absolute atomic E-state index is 0.000141. The molecular formula is C15H17ClN2O. The zero-order valence-electron chi connectivity index (χ0n) is 11.6. The van der Waals surface area contributed by atoms with Crippen molar-refractivity contribution in [3.05, 3.63) is 46.9 Å². The van der Waals surface area contributed by atoms with E-state index in [-0.39, 0.29) is 10.7 Å². The lowest BCUT2D eigenvalue weighted by atomic mass is 9.86. The van der Waals surface area contributed by atoms with E-state index in [0.29, 0.717) is 5.88 Å². The summed E-state index contributed by atoms with van der Waals surface area (Å²) in [6.45, 7) is 8.48. The van der Waals surface area contributed by atoms with Crippen molar-refractivity contribution in [1.29, 1.82) is 0 Å². The lowest BCUT2D eigenvalue weighted by Gasteiger charge is -2.22. The quantitative estimate of drug-likeness (QED) is 0.756. The Morgan fingerprint density at radius 2 is 1.89 bits per heavy atom. The van der Waals surface area contributed by atoms with Gasteiger partial charge in [0.05, 0.1) is 0 Å². The molecule has 2 aromatic rings. The number of nitrogens with zero attached hydrogens (tertiary/aromatic N) is 2. The summed E-state index contributed by atoms with van der Waals surface area (Å²) >= 11 is 5.77. The van der Waals surface area contributed by atoms with E-state index in [1.165, 1.54) is 0 Å². The van der Waals surface area contributed by atoms with Gasteiger partial charge in [-0.25, -0.2) is 4.98 Å². The highest BCUT2D eigenvalue weighted by Gasteiger charge is 2.19. The van der Waals surface area contributed by atoms with Crippen LogP contribution in [0, 0.1) is 6.92 Å². The Morgan fingerprint density at radius 3 is 2.53 bits per heavy atom. The van der Waals surface area contributed by atoms with Crippen molar-refractivity contribution in [2.45, 2.75) is 33.1 Å². The van der Waals surface area contributed by atoms with Crippen molar-refractivity contribution < 1.29 is 4.74 Å². The zero-order valence-corrected chi connectivity index (χ0v) is 12.3. The van der Waals surface area contributed by atoms with Crippen LogP contribution in [-0.4, -0.2) is 9.97 Å². The predicted molar refractivity (Wildman–Crippen MR) is 77.0 cm³/mol. The van der Waals surface area contributed by atoms with Crippen LogP contribution in [0.3, 0.4) is 0 Å². The summed E-state index contributed by atoms with van der Waals surface area (Å²) in [5.74, 6) is 1.26. The Morgan fingerprint density at radius 1 is 1.16 bits per heavy atom. The number of aryl methyl sites for hydroxylation is 1. The fourth-order valence-electron chi connectivity index (χ4n) is 1.82. The Hall–Kier alpha value is -1.61. The lowest BCUT2D eigenvalue weighted by molar-refractivity contribution is 0.438. The molecular weight excluding hydrogens is 260 g/mol. The highest BCUT2D eigenvalue weighted by atomic mass is 35.5. The average Bonchev–Trinajstić information content (AvgIpc) is 2.27. The summed E-state index contributed by atoms with van der Waals surface area (Å²) in [6, 6.07) is 7.88. The molecule has 0 unspecified atom stereocenters.